The number of carbonyl (C=O) groups excluding carboxylic acids is 1. The zero-order valence-corrected chi connectivity index (χ0v) is 17.2. The van der Waals surface area contributed by atoms with Crippen molar-refractivity contribution in [3.63, 3.8) is 0 Å². The average molecular weight is 437 g/mol. The number of ether oxygens (including phenoxy) is 2. The van der Waals surface area contributed by atoms with E-state index >= 15 is 0 Å². The number of benzene rings is 2. The molecule has 154 valence electrons. The number of hydrogen-bond donors (Lipinski definition) is 1. The predicted molar refractivity (Wildman–Crippen MR) is 109 cm³/mol. The molecule has 1 saturated heterocycles. The lowest BCUT2D eigenvalue weighted by molar-refractivity contribution is -0.120. The molecule has 1 amide bonds. The first-order chi connectivity index (χ1) is 13.9. The number of rotatable bonds is 4. The third-order valence-corrected chi connectivity index (χ3v) is 7.15. The molecule has 0 saturated carbocycles. The maximum absolute atomic E-state index is 12.9. The van der Waals surface area contributed by atoms with E-state index in [4.69, 9.17) is 21.1 Å². The van der Waals surface area contributed by atoms with E-state index in [1.165, 1.54) is 16.4 Å². The highest BCUT2D eigenvalue weighted by molar-refractivity contribution is 7.89. The van der Waals surface area contributed by atoms with Crippen LogP contribution in [0.5, 0.6) is 11.5 Å². The summed E-state index contributed by atoms with van der Waals surface area (Å²) < 4.78 is 38.2. The van der Waals surface area contributed by atoms with Gasteiger partial charge in [0.15, 0.2) is 11.5 Å². The molecule has 0 bridgehead atoms. The van der Waals surface area contributed by atoms with Crippen LogP contribution in [0.25, 0.3) is 0 Å². The van der Waals surface area contributed by atoms with Gasteiger partial charge in [-0.25, -0.2) is 8.42 Å². The molecule has 7 nitrogen and oxygen atoms in total. The first-order valence-electron chi connectivity index (χ1n) is 9.40. The van der Waals surface area contributed by atoms with Crippen molar-refractivity contribution in [3.8, 4) is 11.5 Å². The van der Waals surface area contributed by atoms with Gasteiger partial charge in [-0.15, -0.1) is 0 Å². The van der Waals surface area contributed by atoms with Gasteiger partial charge in [0.2, 0.25) is 15.9 Å². The third kappa shape index (κ3) is 4.34. The molecule has 2 aromatic rings. The standard InChI is InChI=1S/C20H21ClN2O5S/c21-15-3-6-17(7-4-15)29(25,26)23-9-1-2-14(13-23)20(24)22-16-5-8-18-19(12-16)28-11-10-27-18/h3-8,12,14H,1-2,9-11,13H2,(H,22,24)/t14-/m1/s1. The van der Waals surface area contributed by atoms with Crippen LogP contribution < -0.4 is 14.8 Å². The van der Waals surface area contributed by atoms with Gasteiger partial charge in [-0.1, -0.05) is 11.6 Å². The Labute approximate surface area is 174 Å². The fourth-order valence-electron chi connectivity index (χ4n) is 3.50. The molecule has 29 heavy (non-hydrogen) atoms. The Bertz CT molecular complexity index is 1010. The number of halogens is 1. The first-order valence-corrected chi connectivity index (χ1v) is 11.2. The van der Waals surface area contributed by atoms with Crippen LogP contribution in [0.3, 0.4) is 0 Å². The van der Waals surface area contributed by atoms with Gasteiger partial charge in [0.1, 0.15) is 13.2 Å². The molecule has 0 aliphatic carbocycles. The molecule has 4 rings (SSSR count). The SMILES string of the molecule is O=C(Nc1ccc2c(c1)OCCO2)[C@@H]1CCCN(S(=O)(=O)c2ccc(Cl)cc2)C1. The topological polar surface area (TPSA) is 84.9 Å². The van der Waals surface area contributed by atoms with Crippen LogP contribution >= 0.6 is 11.6 Å². The highest BCUT2D eigenvalue weighted by atomic mass is 35.5. The Kier molecular flexibility index (Phi) is 5.67. The van der Waals surface area contributed by atoms with Crippen molar-refractivity contribution < 1.29 is 22.7 Å². The summed E-state index contributed by atoms with van der Waals surface area (Å²) in [5.74, 6) is 0.591. The van der Waals surface area contributed by atoms with Crippen molar-refractivity contribution >= 4 is 33.2 Å². The van der Waals surface area contributed by atoms with E-state index in [0.29, 0.717) is 54.8 Å². The molecule has 2 heterocycles. The quantitative estimate of drug-likeness (QED) is 0.795. The summed E-state index contributed by atoms with van der Waals surface area (Å²) in [5, 5.41) is 3.34. The van der Waals surface area contributed by atoms with Crippen molar-refractivity contribution in [2.75, 3.05) is 31.6 Å². The second-order valence-electron chi connectivity index (χ2n) is 7.00. The Morgan fingerprint density at radius 2 is 1.79 bits per heavy atom. The van der Waals surface area contributed by atoms with E-state index in [2.05, 4.69) is 5.32 Å². The number of nitrogens with one attached hydrogen (secondary N) is 1. The van der Waals surface area contributed by atoms with Gasteiger partial charge in [-0.3, -0.25) is 4.79 Å². The molecular formula is C20H21ClN2O5S. The molecule has 1 N–H and O–H groups in total. The van der Waals surface area contributed by atoms with E-state index < -0.39 is 15.9 Å². The zero-order chi connectivity index (χ0) is 20.4. The highest BCUT2D eigenvalue weighted by Crippen LogP contribution is 2.33. The van der Waals surface area contributed by atoms with E-state index in [-0.39, 0.29) is 17.3 Å². The van der Waals surface area contributed by atoms with Crippen LogP contribution in [-0.4, -0.2) is 44.9 Å². The van der Waals surface area contributed by atoms with Crippen LogP contribution in [0.1, 0.15) is 12.8 Å². The molecule has 1 atom stereocenters. The molecule has 0 spiro atoms. The number of nitrogens with zero attached hydrogens (tertiary/aromatic N) is 1. The fourth-order valence-corrected chi connectivity index (χ4v) is 5.15. The molecular weight excluding hydrogens is 416 g/mol. The Hall–Kier alpha value is -2.29. The summed E-state index contributed by atoms with van der Waals surface area (Å²) >= 11 is 5.86. The van der Waals surface area contributed by atoms with Crippen LogP contribution in [0.2, 0.25) is 5.02 Å². The summed E-state index contributed by atoms with van der Waals surface area (Å²) in [6.07, 6.45) is 1.25. The van der Waals surface area contributed by atoms with Crippen molar-refractivity contribution in [2.24, 2.45) is 5.92 Å². The van der Waals surface area contributed by atoms with Crippen molar-refractivity contribution in [1.82, 2.24) is 4.31 Å². The van der Waals surface area contributed by atoms with Crippen molar-refractivity contribution in [1.29, 1.82) is 0 Å². The number of piperidine rings is 1. The van der Waals surface area contributed by atoms with Gasteiger partial charge in [-0.05, 0) is 49.2 Å². The normalized spacial score (nSPS) is 19.6. The minimum Gasteiger partial charge on any atom is -0.486 e. The lowest BCUT2D eigenvalue weighted by Crippen LogP contribution is -2.43. The maximum Gasteiger partial charge on any atom is 0.243 e. The second kappa shape index (κ2) is 8.22. The van der Waals surface area contributed by atoms with Crippen LogP contribution in [0.4, 0.5) is 5.69 Å². The number of fused-ring (bicyclic) bond motifs is 1. The molecule has 0 aromatic heterocycles. The number of carbonyl (C=O) groups is 1. The highest BCUT2D eigenvalue weighted by Gasteiger charge is 2.33. The van der Waals surface area contributed by atoms with Crippen LogP contribution in [-0.2, 0) is 14.8 Å². The number of anilines is 1. The lowest BCUT2D eigenvalue weighted by atomic mass is 9.98. The first kappa shape index (κ1) is 20.0. The van der Waals surface area contributed by atoms with Gasteiger partial charge in [0, 0.05) is 29.9 Å². The van der Waals surface area contributed by atoms with E-state index in [9.17, 15) is 13.2 Å². The Balaban J connectivity index is 1.45. The monoisotopic (exact) mass is 436 g/mol. The summed E-state index contributed by atoms with van der Waals surface area (Å²) in [5.41, 5.74) is 0.594. The van der Waals surface area contributed by atoms with Gasteiger partial charge in [-0.2, -0.15) is 4.31 Å². The van der Waals surface area contributed by atoms with Gasteiger partial charge >= 0.3 is 0 Å². The summed E-state index contributed by atoms with van der Waals surface area (Å²) in [7, 11) is -3.67. The van der Waals surface area contributed by atoms with E-state index in [0.717, 1.165) is 0 Å². The molecule has 2 aliphatic heterocycles. The summed E-state index contributed by atoms with van der Waals surface area (Å²) in [6.45, 7) is 1.49. The molecule has 0 radical (unpaired) electrons. The van der Waals surface area contributed by atoms with E-state index in [1.807, 2.05) is 0 Å². The molecule has 9 heteroatoms. The number of amides is 1. The lowest BCUT2D eigenvalue weighted by Gasteiger charge is -2.31. The fraction of sp³-hybridized carbons (Fsp3) is 0.350. The zero-order valence-electron chi connectivity index (χ0n) is 15.6. The van der Waals surface area contributed by atoms with Crippen LogP contribution in [0, 0.1) is 5.92 Å². The minimum atomic E-state index is -3.67. The third-order valence-electron chi connectivity index (χ3n) is 5.02. The number of sulfonamides is 1. The molecule has 2 aromatic carbocycles. The average Bonchev–Trinajstić information content (AvgIpc) is 2.74. The van der Waals surface area contributed by atoms with Crippen LogP contribution in [0.15, 0.2) is 47.4 Å². The van der Waals surface area contributed by atoms with Crippen molar-refractivity contribution in [2.45, 2.75) is 17.7 Å². The Morgan fingerprint density at radius 1 is 1.07 bits per heavy atom. The van der Waals surface area contributed by atoms with Gasteiger partial charge in [0.05, 0.1) is 10.8 Å². The maximum atomic E-state index is 12.9. The largest absolute Gasteiger partial charge is 0.486 e. The minimum absolute atomic E-state index is 0.140. The Morgan fingerprint density at radius 3 is 2.55 bits per heavy atom. The smallest absolute Gasteiger partial charge is 0.243 e. The van der Waals surface area contributed by atoms with E-state index in [1.54, 1.807) is 30.3 Å². The summed E-state index contributed by atoms with van der Waals surface area (Å²) in [4.78, 5) is 12.9. The van der Waals surface area contributed by atoms with Gasteiger partial charge < -0.3 is 14.8 Å². The molecule has 1 fully saturated rings. The summed E-state index contributed by atoms with van der Waals surface area (Å²) in [6, 6.07) is 11.3. The van der Waals surface area contributed by atoms with Crippen molar-refractivity contribution in [3.05, 3.63) is 47.5 Å². The van der Waals surface area contributed by atoms with Gasteiger partial charge in [0.25, 0.3) is 0 Å². The molecule has 0 unspecified atom stereocenters. The predicted octanol–water partition coefficient (Wildman–Crippen LogP) is 3.15. The number of hydrogen-bond acceptors (Lipinski definition) is 5. The second-order valence-corrected chi connectivity index (χ2v) is 9.38. The molecule has 2 aliphatic rings.